The van der Waals surface area contributed by atoms with Crippen LogP contribution < -0.4 is 4.74 Å². The first kappa shape index (κ1) is 15.0. The Morgan fingerprint density at radius 1 is 1.26 bits per heavy atom. The molecule has 0 unspecified atom stereocenters. The lowest BCUT2D eigenvalue weighted by atomic mass is 9.90. The Morgan fingerprint density at radius 2 is 1.89 bits per heavy atom. The maximum absolute atomic E-state index is 11.8. The summed E-state index contributed by atoms with van der Waals surface area (Å²) in [5.74, 6) is -0.590. The molecule has 4 heteroatoms. The number of carbonyl (C=O) groups is 2. The molecule has 0 atom stereocenters. The van der Waals surface area contributed by atoms with Gasteiger partial charge in [0.25, 0.3) is 0 Å². The van der Waals surface area contributed by atoms with Crippen LogP contribution in [0.25, 0.3) is 6.08 Å². The Balaban J connectivity index is 2.86. The zero-order chi connectivity index (χ0) is 14.5. The van der Waals surface area contributed by atoms with Crippen LogP contribution in [0.1, 0.15) is 26.3 Å². The first-order valence-electron chi connectivity index (χ1n) is 5.97. The van der Waals surface area contributed by atoms with Gasteiger partial charge in [-0.25, -0.2) is 4.79 Å². The lowest BCUT2D eigenvalue weighted by molar-refractivity contribution is -0.139. The van der Waals surface area contributed by atoms with Crippen molar-refractivity contribution in [3.05, 3.63) is 35.9 Å². The van der Waals surface area contributed by atoms with E-state index < -0.39 is 18.0 Å². The van der Waals surface area contributed by atoms with E-state index in [0.29, 0.717) is 11.3 Å². The largest absolute Gasteiger partial charge is 0.481 e. The van der Waals surface area contributed by atoms with Gasteiger partial charge in [0.15, 0.2) is 12.4 Å². The van der Waals surface area contributed by atoms with Crippen molar-refractivity contribution in [3.8, 4) is 5.75 Å². The number of hydrogen-bond acceptors (Lipinski definition) is 3. The fraction of sp³-hybridized carbons (Fsp3) is 0.333. The lowest BCUT2D eigenvalue weighted by Crippen LogP contribution is -2.17. The number of ether oxygens (including phenoxy) is 1. The highest BCUT2D eigenvalue weighted by atomic mass is 16.5. The molecular formula is C15H18O4. The third kappa shape index (κ3) is 4.95. The van der Waals surface area contributed by atoms with Gasteiger partial charge in [-0.1, -0.05) is 39.0 Å². The molecule has 0 bridgehead atoms. The Bertz CT molecular complexity index is 495. The first-order valence-corrected chi connectivity index (χ1v) is 5.97. The van der Waals surface area contributed by atoms with Gasteiger partial charge in [-0.05, 0) is 18.2 Å². The second-order valence-electron chi connectivity index (χ2n) is 5.17. The summed E-state index contributed by atoms with van der Waals surface area (Å²) >= 11 is 0. The number of carbonyl (C=O) groups excluding carboxylic acids is 1. The summed E-state index contributed by atoms with van der Waals surface area (Å²) < 4.78 is 5.15. The fourth-order valence-corrected chi connectivity index (χ4v) is 1.30. The van der Waals surface area contributed by atoms with Crippen LogP contribution in [0.4, 0.5) is 0 Å². The molecule has 4 nitrogen and oxygen atoms in total. The third-order valence-corrected chi connectivity index (χ3v) is 2.42. The number of carboxylic acids is 1. The van der Waals surface area contributed by atoms with Crippen LogP contribution in [0.2, 0.25) is 0 Å². The minimum atomic E-state index is -1.04. The highest BCUT2D eigenvalue weighted by molar-refractivity contribution is 5.97. The zero-order valence-electron chi connectivity index (χ0n) is 11.3. The lowest BCUT2D eigenvalue weighted by Gasteiger charge is -2.13. The summed E-state index contributed by atoms with van der Waals surface area (Å²) in [6.45, 7) is 5.11. The Labute approximate surface area is 112 Å². The maximum atomic E-state index is 11.8. The second-order valence-corrected chi connectivity index (χ2v) is 5.17. The van der Waals surface area contributed by atoms with Gasteiger partial charge in [0.2, 0.25) is 0 Å². The topological polar surface area (TPSA) is 63.6 Å². The molecule has 0 aliphatic heterocycles. The van der Waals surface area contributed by atoms with Gasteiger partial charge >= 0.3 is 5.97 Å². The summed E-state index contributed by atoms with van der Waals surface area (Å²) in [6, 6.07) is 6.99. The van der Waals surface area contributed by atoms with E-state index in [1.54, 1.807) is 30.3 Å². The molecule has 1 N–H and O–H groups in total. The summed E-state index contributed by atoms with van der Waals surface area (Å²) in [4.78, 5) is 22.3. The van der Waals surface area contributed by atoms with Crippen LogP contribution in [0.3, 0.4) is 0 Å². The van der Waals surface area contributed by atoms with Gasteiger partial charge in [0.1, 0.15) is 5.75 Å². The molecule has 0 fully saturated rings. The number of aliphatic carboxylic acids is 1. The Morgan fingerprint density at radius 3 is 2.47 bits per heavy atom. The van der Waals surface area contributed by atoms with Crippen molar-refractivity contribution in [2.24, 2.45) is 5.41 Å². The normalized spacial score (nSPS) is 11.5. The third-order valence-electron chi connectivity index (χ3n) is 2.42. The molecule has 0 radical (unpaired) electrons. The minimum Gasteiger partial charge on any atom is -0.481 e. The van der Waals surface area contributed by atoms with Gasteiger partial charge in [0, 0.05) is 11.0 Å². The maximum Gasteiger partial charge on any atom is 0.341 e. The fourth-order valence-electron chi connectivity index (χ4n) is 1.30. The van der Waals surface area contributed by atoms with Gasteiger partial charge in [0.05, 0.1) is 0 Å². The molecule has 19 heavy (non-hydrogen) atoms. The highest BCUT2D eigenvalue weighted by Gasteiger charge is 2.18. The summed E-state index contributed by atoms with van der Waals surface area (Å²) in [6.07, 6.45) is 3.13. The number of allylic oxidation sites excluding steroid dienone is 1. The zero-order valence-corrected chi connectivity index (χ0v) is 11.3. The molecule has 0 saturated heterocycles. The number of ketones is 1. The molecule has 1 rings (SSSR count). The van der Waals surface area contributed by atoms with Crippen LogP contribution in [0, 0.1) is 5.41 Å². The molecule has 0 heterocycles. The van der Waals surface area contributed by atoms with E-state index in [4.69, 9.17) is 9.84 Å². The Kier molecular flexibility index (Phi) is 4.87. The second kappa shape index (κ2) is 6.18. The molecule has 0 aliphatic rings. The van der Waals surface area contributed by atoms with E-state index >= 15 is 0 Å². The molecular weight excluding hydrogens is 244 g/mol. The predicted octanol–water partition coefficient (Wildman–Crippen LogP) is 2.78. The van der Waals surface area contributed by atoms with E-state index in [1.807, 2.05) is 20.8 Å². The van der Waals surface area contributed by atoms with E-state index in [1.165, 1.54) is 6.08 Å². The highest BCUT2D eigenvalue weighted by Crippen LogP contribution is 2.21. The van der Waals surface area contributed by atoms with Gasteiger partial charge in [-0.3, -0.25) is 4.79 Å². The van der Waals surface area contributed by atoms with Gasteiger partial charge in [-0.15, -0.1) is 0 Å². The summed E-state index contributed by atoms with van der Waals surface area (Å²) in [5, 5.41) is 8.59. The molecule has 102 valence electrons. The van der Waals surface area contributed by atoms with Crippen molar-refractivity contribution in [1.29, 1.82) is 0 Å². The van der Waals surface area contributed by atoms with Crippen molar-refractivity contribution in [2.75, 3.05) is 6.61 Å². The number of para-hydroxylation sites is 1. The van der Waals surface area contributed by atoms with Crippen LogP contribution in [-0.4, -0.2) is 23.5 Å². The van der Waals surface area contributed by atoms with Crippen LogP contribution in [0.5, 0.6) is 5.75 Å². The van der Waals surface area contributed by atoms with Crippen LogP contribution in [-0.2, 0) is 9.59 Å². The van der Waals surface area contributed by atoms with E-state index in [2.05, 4.69) is 0 Å². The number of carboxylic acid groups (broad SMARTS) is 1. The molecule has 1 aromatic rings. The standard InChI is InChI=1S/C15H18O4/c1-15(2,3)13(16)9-8-11-6-4-5-7-12(11)19-10-14(17)18/h4-9H,10H2,1-3H3,(H,17,18). The molecule has 0 aromatic heterocycles. The Hall–Kier alpha value is -2.10. The number of hydrogen-bond donors (Lipinski definition) is 1. The number of rotatable bonds is 5. The monoisotopic (exact) mass is 262 g/mol. The van der Waals surface area contributed by atoms with E-state index in [0.717, 1.165) is 0 Å². The predicted molar refractivity (Wildman–Crippen MR) is 73.1 cm³/mol. The minimum absolute atomic E-state index is 0.000498. The average molecular weight is 262 g/mol. The van der Waals surface area contributed by atoms with Crippen molar-refractivity contribution in [3.63, 3.8) is 0 Å². The van der Waals surface area contributed by atoms with Crippen LogP contribution >= 0.6 is 0 Å². The first-order chi connectivity index (χ1) is 8.80. The van der Waals surface area contributed by atoms with Crippen molar-refractivity contribution in [2.45, 2.75) is 20.8 Å². The molecule has 0 aliphatic carbocycles. The van der Waals surface area contributed by atoms with Crippen LogP contribution in [0.15, 0.2) is 30.3 Å². The van der Waals surface area contributed by atoms with Gasteiger partial charge in [-0.2, -0.15) is 0 Å². The van der Waals surface area contributed by atoms with E-state index in [9.17, 15) is 9.59 Å². The molecule has 0 saturated carbocycles. The molecule has 0 spiro atoms. The average Bonchev–Trinajstić information content (AvgIpc) is 2.33. The van der Waals surface area contributed by atoms with Crippen molar-refractivity contribution < 1.29 is 19.4 Å². The molecule has 1 aromatic carbocycles. The smallest absolute Gasteiger partial charge is 0.341 e. The van der Waals surface area contributed by atoms with Crippen molar-refractivity contribution in [1.82, 2.24) is 0 Å². The summed E-state index contributed by atoms with van der Waals surface area (Å²) in [5.41, 5.74) is 0.245. The molecule has 0 amide bonds. The quantitative estimate of drug-likeness (QED) is 0.829. The van der Waals surface area contributed by atoms with E-state index in [-0.39, 0.29) is 5.78 Å². The SMILES string of the molecule is CC(C)(C)C(=O)C=Cc1ccccc1OCC(=O)O. The summed E-state index contributed by atoms with van der Waals surface area (Å²) in [7, 11) is 0. The van der Waals surface area contributed by atoms with Crippen molar-refractivity contribution >= 4 is 17.8 Å². The van der Waals surface area contributed by atoms with Gasteiger partial charge < -0.3 is 9.84 Å². The number of benzene rings is 1.